The molecule has 0 bridgehead atoms. The predicted octanol–water partition coefficient (Wildman–Crippen LogP) is 16.5. The molecule has 8 aliphatic rings. The van der Waals surface area contributed by atoms with Crippen LogP contribution < -0.4 is 0 Å². The van der Waals surface area contributed by atoms with Gasteiger partial charge in [0.15, 0.2) is 21.0 Å². The first-order valence-electron chi connectivity index (χ1n) is 29.9. The summed E-state index contributed by atoms with van der Waals surface area (Å²) in [6.07, 6.45) is 5.71. The van der Waals surface area contributed by atoms with E-state index in [4.69, 9.17) is 0 Å². The number of halogens is 6. The van der Waals surface area contributed by atoms with Crippen LogP contribution in [0.25, 0.3) is 0 Å². The molecule has 0 saturated heterocycles. The van der Waals surface area contributed by atoms with E-state index >= 15 is 0 Å². The second kappa shape index (κ2) is 21.6. The van der Waals surface area contributed by atoms with Crippen LogP contribution in [0.4, 0.5) is 26.3 Å². The number of fused-ring (bicyclic) bond motifs is 10. The zero-order valence-electron chi connectivity index (χ0n) is 48.8. The summed E-state index contributed by atoms with van der Waals surface area (Å²) in [5.74, 6) is 3.80. The Balaban J connectivity index is 0.000000229. The summed E-state index contributed by atoms with van der Waals surface area (Å²) < 4.78 is 110. The van der Waals surface area contributed by atoms with Crippen molar-refractivity contribution in [3.8, 4) is 0 Å². The number of allylic oxidation sites excluding steroid dienone is 2. The summed E-state index contributed by atoms with van der Waals surface area (Å²) in [5.41, 5.74) is -4.44. The second-order valence-electron chi connectivity index (χ2n) is 30.2. The van der Waals surface area contributed by atoms with Gasteiger partial charge in [-0.1, -0.05) is 132 Å². The molecular formula is C65H102F6O6S. The third-order valence-electron chi connectivity index (χ3n) is 24.3. The Labute approximate surface area is 466 Å². The molecule has 4 N–H and O–H groups in total. The molecule has 1 aromatic carbocycles. The van der Waals surface area contributed by atoms with E-state index in [1.54, 1.807) is 24.3 Å². The summed E-state index contributed by atoms with van der Waals surface area (Å²) in [7, 11) is -3.71. The van der Waals surface area contributed by atoms with Gasteiger partial charge in [-0.15, -0.1) is 0 Å². The van der Waals surface area contributed by atoms with E-state index in [-0.39, 0.29) is 90.5 Å². The fourth-order valence-electron chi connectivity index (χ4n) is 19.0. The van der Waals surface area contributed by atoms with Gasteiger partial charge in [-0.3, -0.25) is 0 Å². The maximum atomic E-state index is 14.2. The summed E-state index contributed by atoms with van der Waals surface area (Å²) in [5, 5.41) is 41.9. The van der Waals surface area contributed by atoms with Gasteiger partial charge in [-0.25, -0.2) is 8.42 Å². The first-order valence-corrected chi connectivity index (χ1v) is 31.5. The average Bonchev–Trinajstić information content (AvgIpc) is 4.01. The third kappa shape index (κ3) is 11.1. The van der Waals surface area contributed by atoms with Gasteiger partial charge < -0.3 is 20.4 Å². The van der Waals surface area contributed by atoms with Crippen molar-refractivity contribution in [1.82, 2.24) is 0 Å². The van der Waals surface area contributed by atoms with Crippen LogP contribution in [0.15, 0.2) is 58.5 Å². The lowest BCUT2D eigenvalue weighted by molar-refractivity contribution is -0.271. The molecule has 6 saturated carbocycles. The average molecular weight is 1130 g/mol. The largest absolute Gasteiger partial charge is 0.417 e. The number of alkyl halides is 6. The van der Waals surface area contributed by atoms with Crippen LogP contribution >= 0.6 is 0 Å². The molecule has 3 unspecified atom stereocenters. The number of sulfone groups is 1. The molecule has 8 aliphatic carbocycles. The van der Waals surface area contributed by atoms with E-state index in [0.717, 1.165) is 75.4 Å². The fraction of sp³-hybridized carbons (Fsp3) is 0.846. The smallest absolute Gasteiger partial charge is 0.393 e. The van der Waals surface area contributed by atoms with Crippen molar-refractivity contribution in [3.63, 3.8) is 0 Å². The van der Waals surface area contributed by atoms with Gasteiger partial charge >= 0.3 is 12.4 Å². The minimum absolute atomic E-state index is 0. The lowest BCUT2D eigenvalue weighted by Crippen LogP contribution is -2.56. The number of rotatable bonds is 10. The summed E-state index contributed by atoms with van der Waals surface area (Å²) in [4.78, 5) is 0.297. The van der Waals surface area contributed by atoms with Crippen LogP contribution in [0.5, 0.6) is 0 Å². The zero-order valence-corrected chi connectivity index (χ0v) is 49.6. The predicted molar refractivity (Wildman–Crippen MR) is 300 cm³/mol. The van der Waals surface area contributed by atoms with Crippen molar-refractivity contribution in [2.75, 3.05) is 0 Å². The maximum Gasteiger partial charge on any atom is 0.417 e. The van der Waals surface area contributed by atoms with Crippen LogP contribution in [0, 0.1) is 91.7 Å². The molecule has 13 heteroatoms. The number of benzene rings is 1. The first-order chi connectivity index (χ1) is 35.3. The van der Waals surface area contributed by atoms with Crippen molar-refractivity contribution < 1.29 is 55.2 Å². The molecule has 0 aromatic heterocycles. The van der Waals surface area contributed by atoms with Crippen LogP contribution in [0.3, 0.4) is 0 Å². The Kier molecular flexibility index (Phi) is 17.6. The number of hydrogen-bond acceptors (Lipinski definition) is 6. The Morgan fingerprint density at radius 3 is 1.42 bits per heavy atom. The van der Waals surface area contributed by atoms with E-state index in [1.807, 2.05) is 32.9 Å². The molecule has 6 nitrogen and oxygen atoms in total. The molecule has 78 heavy (non-hydrogen) atoms. The molecule has 0 radical (unpaired) electrons. The van der Waals surface area contributed by atoms with Crippen LogP contribution in [-0.2, 0) is 9.84 Å². The highest BCUT2D eigenvalue weighted by atomic mass is 32.2. The molecule has 0 spiro atoms. The highest BCUT2D eigenvalue weighted by Gasteiger charge is 2.66. The number of aliphatic hydroxyl groups is 4. The highest BCUT2D eigenvalue weighted by Crippen LogP contribution is 2.70. The van der Waals surface area contributed by atoms with Crippen molar-refractivity contribution in [2.24, 2.45) is 91.7 Å². The number of aliphatic hydroxyl groups excluding tert-OH is 2. The minimum Gasteiger partial charge on any atom is -0.393 e. The van der Waals surface area contributed by atoms with Gasteiger partial charge in [-0.2, -0.15) is 26.3 Å². The molecule has 0 heterocycles. The van der Waals surface area contributed by atoms with E-state index in [0.29, 0.717) is 59.2 Å². The van der Waals surface area contributed by atoms with Crippen LogP contribution in [0.2, 0.25) is 0 Å². The van der Waals surface area contributed by atoms with Gasteiger partial charge in [0.05, 0.1) is 22.4 Å². The molecule has 19 atom stereocenters. The first kappa shape index (κ1) is 63.6. The van der Waals surface area contributed by atoms with Gasteiger partial charge in [0, 0.05) is 12.8 Å². The Morgan fingerprint density at radius 2 is 1.00 bits per heavy atom. The second-order valence-corrected chi connectivity index (χ2v) is 32.4. The Bertz CT molecular complexity index is 2440. The standard InChI is InChI=1S/C35H51F3O4S.C29H47F3O2.CH4/c1-22(29(20-30(39)31(2,3)4)43(41,42)24-10-8-7-9-11-24)26-14-15-27-25-13-12-23-21-34(40,35(36,37)38)19-18-32(23,5)28(25)16-17-33(26,27)6;1-18(7-12-24(33)25(2,3)4)21-10-11-22-20-9-8-19-17-28(34,29(30,31)32)16-15-26(19,5)23(20)13-14-27(21,22)6;/h7-12,22,25-30,39-40H,13-21H2,1-6H3;8,18,20-24,33-34H,7,9-17H2,1-6H3;1H4/t22-,25-,26+,27-,28-,29?,30?,32-,33+,34-;18-,20+,21-,22+,23+,24?,26+,27-,28+;/m01./s1. The monoisotopic (exact) mass is 1120 g/mol. The summed E-state index contributed by atoms with van der Waals surface area (Å²) in [6.45, 7) is 25.7. The Morgan fingerprint density at radius 1 is 0.577 bits per heavy atom. The minimum atomic E-state index is -4.64. The summed E-state index contributed by atoms with van der Waals surface area (Å²) >= 11 is 0. The van der Waals surface area contributed by atoms with Crippen molar-refractivity contribution in [1.29, 1.82) is 0 Å². The summed E-state index contributed by atoms with van der Waals surface area (Å²) in [6, 6.07) is 8.60. The van der Waals surface area contributed by atoms with Crippen molar-refractivity contribution >= 4 is 9.84 Å². The van der Waals surface area contributed by atoms with E-state index in [1.165, 1.54) is 12.8 Å². The fourth-order valence-corrected chi connectivity index (χ4v) is 21.0. The van der Waals surface area contributed by atoms with Crippen molar-refractivity contribution in [3.05, 3.63) is 53.6 Å². The third-order valence-corrected chi connectivity index (χ3v) is 26.6. The van der Waals surface area contributed by atoms with Gasteiger partial charge in [-0.05, 0) is 213 Å². The van der Waals surface area contributed by atoms with Crippen molar-refractivity contribution in [2.45, 2.75) is 258 Å². The van der Waals surface area contributed by atoms with Crippen LogP contribution in [-0.4, -0.2) is 69.9 Å². The molecule has 1 aromatic rings. The van der Waals surface area contributed by atoms with Gasteiger partial charge in [0.1, 0.15) is 0 Å². The molecule has 0 aliphatic heterocycles. The molecule has 9 rings (SSSR count). The lowest BCUT2D eigenvalue weighted by Gasteiger charge is -2.59. The van der Waals surface area contributed by atoms with Crippen LogP contribution in [0.1, 0.15) is 213 Å². The molecule has 6 fully saturated rings. The topological polar surface area (TPSA) is 115 Å². The number of hydrogen-bond donors (Lipinski definition) is 4. The normalized spacial score (nSPS) is 40.7. The molecule has 446 valence electrons. The molecule has 0 amide bonds. The van der Waals surface area contributed by atoms with E-state index in [9.17, 15) is 55.2 Å². The quantitative estimate of drug-likeness (QED) is 0.137. The molecular weight excluding hydrogens is 1020 g/mol. The van der Waals surface area contributed by atoms with Gasteiger partial charge in [0.25, 0.3) is 0 Å². The zero-order chi connectivity index (χ0) is 57.1. The Hall–Kier alpha value is -1.93. The maximum absolute atomic E-state index is 14.2. The lowest BCUT2D eigenvalue weighted by atomic mass is 9.46. The SMILES string of the molecule is C.C[C@H](C(CC(O)C(C)(C)C)S(=O)(=O)c1ccccc1)[C@H]1CC[C@H]2[C@@H]3CC=C4C[C@](O)(C(F)(F)F)CC[C@]4(C)[C@H]3CC[C@]12C.C[C@H](CCC(O)C(C)(C)C)[C@H]1CC[C@H]2[C@@H]3CC=C4C[C@](O)(C(F)(F)F)CC[C@]4(C)[C@H]3CC[C@]12C. The van der Waals surface area contributed by atoms with E-state index in [2.05, 4.69) is 68.4 Å². The highest BCUT2D eigenvalue weighted by molar-refractivity contribution is 7.92. The van der Waals surface area contributed by atoms with Gasteiger partial charge in [0.2, 0.25) is 0 Å². The van der Waals surface area contributed by atoms with E-state index < -0.39 is 50.2 Å².